The lowest BCUT2D eigenvalue weighted by molar-refractivity contribution is -0.116. The highest BCUT2D eigenvalue weighted by Gasteiger charge is 2.08. The van der Waals surface area contributed by atoms with Crippen molar-refractivity contribution in [2.45, 2.75) is 32.8 Å². The number of para-hydroxylation sites is 2. The lowest BCUT2D eigenvalue weighted by Gasteiger charge is -2.14. The summed E-state index contributed by atoms with van der Waals surface area (Å²) in [7, 11) is 0. The first-order valence-corrected chi connectivity index (χ1v) is 7.24. The van der Waals surface area contributed by atoms with Crippen molar-refractivity contribution in [2.24, 2.45) is 0 Å². The number of rotatable bonds is 6. The second-order valence-corrected chi connectivity index (χ2v) is 5.20. The molecule has 0 heterocycles. The minimum absolute atomic E-state index is 0.00124. The van der Waals surface area contributed by atoms with Gasteiger partial charge in [-0.15, -0.1) is 0 Å². The number of carbonyl (C=O) groups is 1. The average Bonchev–Trinajstić information content (AvgIpc) is 2.48. The number of aryl methyl sites for hydroxylation is 1. The molecule has 0 aliphatic heterocycles. The highest BCUT2D eigenvalue weighted by Crippen LogP contribution is 2.25. The molecule has 0 aromatic heterocycles. The molecule has 3 heteroatoms. The van der Waals surface area contributed by atoms with E-state index in [1.807, 2.05) is 68.4 Å². The Morgan fingerprint density at radius 3 is 2.43 bits per heavy atom. The molecule has 2 aromatic carbocycles. The molecular formula is C18H21NO2. The molecule has 110 valence electrons. The van der Waals surface area contributed by atoms with Crippen molar-refractivity contribution in [1.82, 2.24) is 0 Å². The lowest BCUT2D eigenvalue weighted by Crippen LogP contribution is -2.14. The van der Waals surface area contributed by atoms with E-state index in [1.165, 1.54) is 5.56 Å². The van der Waals surface area contributed by atoms with Crippen LogP contribution in [0.2, 0.25) is 0 Å². The lowest BCUT2D eigenvalue weighted by atomic mass is 10.1. The topological polar surface area (TPSA) is 38.3 Å². The minimum atomic E-state index is -0.00124. The fourth-order valence-electron chi connectivity index (χ4n) is 2.04. The van der Waals surface area contributed by atoms with Crippen LogP contribution < -0.4 is 10.1 Å². The van der Waals surface area contributed by atoms with Crippen LogP contribution in [0.5, 0.6) is 5.75 Å². The summed E-state index contributed by atoms with van der Waals surface area (Å²) in [6, 6.07) is 17.5. The van der Waals surface area contributed by atoms with E-state index in [9.17, 15) is 4.79 Å². The van der Waals surface area contributed by atoms with Gasteiger partial charge in [-0.2, -0.15) is 0 Å². The fourth-order valence-corrected chi connectivity index (χ4v) is 2.04. The van der Waals surface area contributed by atoms with Gasteiger partial charge in [0.15, 0.2) is 0 Å². The van der Waals surface area contributed by atoms with Gasteiger partial charge in [0.05, 0.1) is 11.8 Å². The van der Waals surface area contributed by atoms with Crippen LogP contribution in [-0.2, 0) is 11.2 Å². The van der Waals surface area contributed by atoms with Gasteiger partial charge >= 0.3 is 0 Å². The maximum Gasteiger partial charge on any atom is 0.224 e. The number of hydrogen-bond acceptors (Lipinski definition) is 2. The maximum absolute atomic E-state index is 12.1. The van der Waals surface area contributed by atoms with Crippen LogP contribution in [0, 0.1) is 0 Å². The van der Waals surface area contributed by atoms with Crippen LogP contribution in [0.25, 0.3) is 0 Å². The van der Waals surface area contributed by atoms with E-state index in [2.05, 4.69) is 5.32 Å². The zero-order valence-corrected chi connectivity index (χ0v) is 12.5. The number of anilines is 1. The molecule has 2 aromatic rings. The van der Waals surface area contributed by atoms with E-state index in [4.69, 9.17) is 4.74 Å². The summed E-state index contributed by atoms with van der Waals surface area (Å²) in [5.41, 5.74) is 1.89. The van der Waals surface area contributed by atoms with Crippen LogP contribution in [0.1, 0.15) is 25.8 Å². The van der Waals surface area contributed by atoms with Crippen molar-refractivity contribution in [3.8, 4) is 5.75 Å². The normalized spacial score (nSPS) is 10.4. The van der Waals surface area contributed by atoms with Crippen LogP contribution >= 0.6 is 0 Å². The summed E-state index contributed by atoms with van der Waals surface area (Å²) in [4.78, 5) is 12.1. The Hall–Kier alpha value is -2.29. The zero-order chi connectivity index (χ0) is 15.1. The van der Waals surface area contributed by atoms with E-state index in [0.717, 1.165) is 12.1 Å². The van der Waals surface area contributed by atoms with Crippen molar-refractivity contribution in [3.05, 3.63) is 60.2 Å². The highest BCUT2D eigenvalue weighted by molar-refractivity contribution is 5.92. The molecule has 0 bridgehead atoms. The highest BCUT2D eigenvalue weighted by atomic mass is 16.5. The summed E-state index contributed by atoms with van der Waals surface area (Å²) < 4.78 is 5.69. The van der Waals surface area contributed by atoms with E-state index in [1.54, 1.807) is 0 Å². The summed E-state index contributed by atoms with van der Waals surface area (Å²) in [6.45, 7) is 3.93. The number of nitrogens with one attached hydrogen (secondary N) is 1. The van der Waals surface area contributed by atoms with Gasteiger partial charge in [-0.1, -0.05) is 42.5 Å². The van der Waals surface area contributed by atoms with Gasteiger partial charge in [0.2, 0.25) is 5.91 Å². The summed E-state index contributed by atoms with van der Waals surface area (Å²) >= 11 is 0. The van der Waals surface area contributed by atoms with Crippen molar-refractivity contribution in [3.63, 3.8) is 0 Å². The van der Waals surface area contributed by atoms with Gasteiger partial charge in [0.25, 0.3) is 0 Å². The SMILES string of the molecule is CC(C)Oc1ccccc1NC(=O)CCc1ccccc1. The van der Waals surface area contributed by atoms with Crippen LogP contribution in [0.15, 0.2) is 54.6 Å². The Kier molecular flexibility index (Phi) is 5.38. The monoisotopic (exact) mass is 283 g/mol. The third-order valence-corrected chi connectivity index (χ3v) is 3.01. The molecule has 0 spiro atoms. The molecule has 2 rings (SSSR count). The molecule has 0 aliphatic carbocycles. The Morgan fingerprint density at radius 1 is 1.05 bits per heavy atom. The van der Waals surface area contributed by atoms with Crippen LogP contribution in [0.3, 0.4) is 0 Å². The van der Waals surface area contributed by atoms with E-state index in [0.29, 0.717) is 12.2 Å². The Balaban J connectivity index is 1.93. The zero-order valence-electron chi connectivity index (χ0n) is 12.5. The van der Waals surface area contributed by atoms with Gasteiger partial charge in [-0.05, 0) is 38.0 Å². The standard InChI is InChI=1S/C18H21NO2/c1-14(2)21-17-11-7-6-10-16(17)19-18(20)13-12-15-8-4-3-5-9-15/h3-11,14H,12-13H2,1-2H3,(H,19,20). The largest absolute Gasteiger partial charge is 0.489 e. The summed E-state index contributed by atoms with van der Waals surface area (Å²) in [6.07, 6.45) is 1.27. The molecule has 0 saturated heterocycles. The second-order valence-electron chi connectivity index (χ2n) is 5.20. The molecule has 0 radical (unpaired) electrons. The first-order chi connectivity index (χ1) is 10.1. The first kappa shape index (κ1) is 15.1. The van der Waals surface area contributed by atoms with Crippen molar-refractivity contribution in [1.29, 1.82) is 0 Å². The molecule has 0 aliphatic rings. The van der Waals surface area contributed by atoms with Gasteiger partial charge < -0.3 is 10.1 Å². The molecular weight excluding hydrogens is 262 g/mol. The summed E-state index contributed by atoms with van der Waals surface area (Å²) in [5, 5.41) is 2.92. The van der Waals surface area contributed by atoms with Gasteiger partial charge in [0, 0.05) is 6.42 Å². The van der Waals surface area contributed by atoms with E-state index < -0.39 is 0 Å². The predicted octanol–water partition coefficient (Wildman–Crippen LogP) is 4.05. The third-order valence-electron chi connectivity index (χ3n) is 3.01. The molecule has 0 saturated carbocycles. The number of hydrogen-bond donors (Lipinski definition) is 1. The minimum Gasteiger partial charge on any atom is -0.489 e. The quantitative estimate of drug-likeness (QED) is 0.868. The Morgan fingerprint density at radius 2 is 1.71 bits per heavy atom. The molecule has 1 N–H and O–H groups in total. The third kappa shape index (κ3) is 4.95. The predicted molar refractivity (Wildman–Crippen MR) is 85.6 cm³/mol. The van der Waals surface area contributed by atoms with Crippen molar-refractivity contribution in [2.75, 3.05) is 5.32 Å². The Bertz CT molecular complexity index is 579. The van der Waals surface area contributed by atoms with Gasteiger partial charge in [-0.25, -0.2) is 0 Å². The molecule has 0 atom stereocenters. The Labute approximate surface area is 126 Å². The van der Waals surface area contributed by atoms with E-state index >= 15 is 0 Å². The fraction of sp³-hybridized carbons (Fsp3) is 0.278. The van der Waals surface area contributed by atoms with E-state index in [-0.39, 0.29) is 12.0 Å². The number of carbonyl (C=O) groups excluding carboxylic acids is 1. The molecule has 3 nitrogen and oxygen atoms in total. The molecule has 21 heavy (non-hydrogen) atoms. The van der Waals surface area contributed by atoms with Gasteiger partial charge in [-0.3, -0.25) is 4.79 Å². The number of benzene rings is 2. The van der Waals surface area contributed by atoms with Crippen molar-refractivity contribution < 1.29 is 9.53 Å². The van der Waals surface area contributed by atoms with Crippen LogP contribution in [-0.4, -0.2) is 12.0 Å². The number of amides is 1. The smallest absolute Gasteiger partial charge is 0.224 e. The first-order valence-electron chi connectivity index (χ1n) is 7.24. The molecule has 0 fully saturated rings. The van der Waals surface area contributed by atoms with Gasteiger partial charge in [0.1, 0.15) is 5.75 Å². The second kappa shape index (κ2) is 7.48. The number of ether oxygens (including phenoxy) is 1. The van der Waals surface area contributed by atoms with Crippen molar-refractivity contribution >= 4 is 11.6 Å². The molecule has 1 amide bonds. The summed E-state index contributed by atoms with van der Waals surface area (Å²) in [5.74, 6) is 0.708. The maximum atomic E-state index is 12.1. The molecule has 0 unspecified atom stereocenters. The average molecular weight is 283 g/mol. The van der Waals surface area contributed by atoms with Crippen LogP contribution in [0.4, 0.5) is 5.69 Å².